The Morgan fingerprint density at radius 1 is 1.32 bits per heavy atom. The van der Waals surface area contributed by atoms with Gasteiger partial charge in [0.05, 0.1) is 6.33 Å². The number of urea groups is 1. The number of imidazole rings is 1. The number of likely N-dealkylation sites (tertiary alicyclic amines) is 1. The van der Waals surface area contributed by atoms with Gasteiger partial charge in [-0.3, -0.25) is 0 Å². The molecule has 0 bridgehead atoms. The zero-order valence-electron chi connectivity index (χ0n) is 19.8. The molecule has 1 fully saturated rings. The van der Waals surface area contributed by atoms with E-state index in [1.807, 2.05) is 38.0 Å². The van der Waals surface area contributed by atoms with Gasteiger partial charge in [-0.2, -0.15) is 0 Å². The van der Waals surface area contributed by atoms with Crippen LogP contribution in [0.15, 0.2) is 66.4 Å². The first-order valence-corrected chi connectivity index (χ1v) is 12.5. The number of nitrogens with zero attached hydrogens (tertiary/aromatic N) is 3. The molecule has 1 aromatic heterocycles. The standard InChI is InChI=1S/C27H34ClN5O/c1-30-10-2-4-22-18-26(20-8-13-33(14-9-20)27(29)34)25-7-6-24(28)17-23(25)16-21(22)5-3-12-32-15-11-31-19-32/h2,4,6-7,10-11,15-17,19-20,26,30H,3,5,8-9,12-14,18H2,1H3,(H2,29,34)/b10-2-,22-4+. The number of piperidine rings is 1. The summed E-state index contributed by atoms with van der Waals surface area (Å²) in [7, 11) is 1.91. The molecular formula is C27H34ClN5O. The van der Waals surface area contributed by atoms with Gasteiger partial charge in [0.25, 0.3) is 0 Å². The lowest BCUT2D eigenvalue weighted by Gasteiger charge is -2.36. The maximum Gasteiger partial charge on any atom is 0.314 e. The van der Waals surface area contributed by atoms with Crippen LogP contribution in [0.5, 0.6) is 0 Å². The fourth-order valence-corrected chi connectivity index (χ4v) is 5.43. The van der Waals surface area contributed by atoms with E-state index in [4.69, 9.17) is 17.3 Å². The Labute approximate surface area is 207 Å². The maximum absolute atomic E-state index is 11.7. The number of allylic oxidation sites excluding steroid dienone is 4. The van der Waals surface area contributed by atoms with E-state index in [0.717, 1.165) is 56.8 Å². The van der Waals surface area contributed by atoms with E-state index in [2.05, 4.69) is 45.2 Å². The molecule has 34 heavy (non-hydrogen) atoms. The smallest absolute Gasteiger partial charge is 0.314 e. The summed E-state index contributed by atoms with van der Waals surface area (Å²) >= 11 is 6.44. The average molecular weight is 480 g/mol. The van der Waals surface area contributed by atoms with Gasteiger partial charge in [0.15, 0.2) is 0 Å². The summed E-state index contributed by atoms with van der Waals surface area (Å²) in [6, 6.07) is 6.00. The first-order valence-electron chi connectivity index (χ1n) is 12.1. The van der Waals surface area contributed by atoms with Crippen molar-refractivity contribution >= 4 is 23.7 Å². The first kappa shape index (κ1) is 24.1. The van der Waals surface area contributed by atoms with E-state index in [9.17, 15) is 4.79 Å². The molecule has 1 atom stereocenters. The quantitative estimate of drug-likeness (QED) is 0.562. The Morgan fingerprint density at radius 3 is 2.85 bits per heavy atom. The van der Waals surface area contributed by atoms with Gasteiger partial charge in [-0.15, -0.1) is 0 Å². The molecule has 2 aromatic rings. The molecule has 1 unspecified atom stereocenters. The number of primary amides is 1. The lowest BCUT2D eigenvalue weighted by Crippen LogP contribution is -2.42. The minimum absolute atomic E-state index is 0.314. The van der Waals surface area contributed by atoms with E-state index >= 15 is 0 Å². The first-order chi connectivity index (χ1) is 16.5. The number of nitrogens with two attached hydrogens (primary N) is 1. The largest absolute Gasteiger partial charge is 0.394 e. The van der Waals surface area contributed by atoms with Gasteiger partial charge >= 0.3 is 6.03 Å². The second kappa shape index (κ2) is 11.4. The van der Waals surface area contributed by atoms with E-state index in [-0.39, 0.29) is 6.03 Å². The molecule has 1 aromatic carbocycles. The molecule has 3 N–H and O–H groups in total. The monoisotopic (exact) mass is 479 g/mol. The van der Waals surface area contributed by atoms with Crippen LogP contribution in [0.2, 0.25) is 5.02 Å². The van der Waals surface area contributed by atoms with Crippen LogP contribution in [0.25, 0.3) is 6.08 Å². The molecule has 1 saturated heterocycles. The number of nitrogens with one attached hydrogen (secondary N) is 1. The van der Waals surface area contributed by atoms with E-state index in [1.165, 1.54) is 22.3 Å². The molecule has 7 heteroatoms. The van der Waals surface area contributed by atoms with Crippen LogP contribution < -0.4 is 11.1 Å². The number of rotatable bonds is 7. The number of amides is 2. The molecule has 2 amide bonds. The van der Waals surface area contributed by atoms with Crippen molar-refractivity contribution in [3.8, 4) is 0 Å². The third-order valence-corrected chi connectivity index (χ3v) is 7.27. The predicted octanol–water partition coefficient (Wildman–Crippen LogP) is 5.34. The molecule has 6 nitrogen and oxygen atoms in total. The summed E-state index contributed by atoms with van der Waals surface area (Å²) in [5.41, 5.74) is 10.8. The molecule has 0 radical (unpaired) electrons. The Bertz CT molecular complexity index is 1060. The number of carbonyl (C=O) groups excluding carboxylic acids is 1. The second-order valence-electron chi connectivity index (χ2n) is 9.16. The summed E-state index contributed by atoms with van der Waals surface area (Å²) in [6.45, 7) is 2.39. The number of aryl methyl sites for hydroxylation is 1. The maximum atomic E-state index is 11.7. The summed E-state index contributed by atoms with van der Waals surface area (Å²) in [5.74, 6) is 0.866. The van der Waals surface area contributed by atoms with Crippen molar-refractivity contribution in [1.29, 1.82) is 0 Å². The van der Waals surface area contributed by atoms with Crippen LogP contribution in [-0.2, 0) is 6.54 Å². The van der Waals surface area contributed by atoms with Gasteiger partial charge in [-0.1, -0.05) is 29.8 Å². The Kier molecular flexibility index (Phi) is 8.12. The number of fused-ring (bicyclic) bond motifs is 1. The zero-order valence-corrected chi connectivity index (χ0v) is 20.5. The van der Waals surface area contributed by atoms with E-state index in [0.29, 0.717) is 11.8 Å². The average Bonchev–Trinajstić information content (AvgIpc) is 3.30. The minimum atomic E-state index is -0.314. The van der Waals surface area contributed by atoms with Gasteiger partial charge in [-0.25, -0.2) is 9.78 Å². The van der Waals surface area contributed by atoms with Crippen LogP contribution in [0, 0.1) is 5.92 Å². The summed E-state index contributed by atoms with van der Waals surface area (Å²) < 4.78 is 2.13. The number of hydrogen-bond donors (Lipinski definition) is 2. The summed E-state index contributed by atoms with van der Waals surface area (Å²) in [4.78, 5) is 17.6. The van der Waals surface area contributed by atoms with Crippen molar-refractivity contribution in [2.45, 2.75) is 44.6 Å². The lowest BCUT2D eigenvalue weighted by atomic mass is 9.76. The van der Waals surface area contributed by atoms with Gasteiger partial charge in [0.1, 0.15) is 0 Å². The highest BCUT2D eigenvalue weighted by Crippen LogP contribution is 2.44. The molecule has 1 aliphatic carbocycles. The highest BCUT2D eigenvalue weighted by molar-refractivity contribution is 6.30. The molecule has 2 aliphatic rings. The van der Waals surface area contributed by atoms with Gasteiger partial charge in [0.2, 0.25) is 0 Å². The summed E-state index contributed by atoms with van der Waals surface area (Å²) in [6.07, 6.45) is 19.3. The predicted molar refractivity (Wildman–Crippen MR) is 138 cm³/mol. The molecule has 4 rings (SSSR count). The van der Waals surface area contributed by atoms with Crippen LogP contribution in [0.4, 0.5) is 4.79 Å². The zero-order chi connectivity index (χ0) is 23.9. The van der Waals surface area contributed by atoms with Crippen molar-refractivity contribution in [1.82, 2.24) is 19.8 Å². The third kappa shape index (κ3) is 5.92. The van der Waals surface area contributed by atoms with Crippen molar-refractivity contribution in [3.63, 3.8) is 0 Å². The van der Waals surface area contributed by atoms with Crippen LogP contribution in [0.3, 0.4) is 0 Å². The van der Waals surface area contributed by atoms with Crippen LogP contribution in [-0.4, -0.2) is 40.6 Å². The van der Waals surface area contributed by atoms with Crippen molar-refractivity contribution < 1.29 is 4.79 Å². The second-order valence-corrected chi connectivity index (χ2v) is 9.60. The number of aromatic nitrogens is 2. The topological polar surface area (TPSA) is 76.2 Å². The van der Waals surface area contributed by atoms with Crippen molar-refractivity contribution in [3.05, 3.63) is 82.6 Å². The molecular weight excluding hydrogens is 446 g/mol. The number of benzene rings is 1. The normalized spacial score (nSPS) is 20.3. The molecule has 1 aliphatic heterocycles. The fraction of sp³-hybridized carbons (Fsp3) is 0.407. The minimum Gasteiger partial charge on any atom is -0.394 e. The van der Waals surface area contributed by atoms with Crippen molar-refractivity contribution in [2.24, 2.45) is 11.7 Å². The Morgan fingerprint density at radius 2 is 2.15 bits per heavy atom. The van der Waals surface area contributed by atoms with Crippen LogP contribution in [0.1, 0.15) is 49.1 Å². The van der Waals surface area contributed by atoms with Gasteiger partial charge in [-0.05, 0) is 90.6 Å². The van der Waals surface area contributed by atoms with Crippen molar-refractivity contribution in [2.75, 3.05) is 20.1 Å². The third-order valence-electron chi connectivity index (χ3n) is 7.03. The SMILES string of the molecule is CN/C=C\C=C1/CC(C2CCN(C(N)=O)CC2)c2ccc(Cl)cc2C=C1CCCn1ccnc1. The lowest BCUT2D eigenvalue weighted by molar-refractivity contribution is 0.170. The number of carbonyl (C=O) groups is 1. The van der Waals surface area contributed by atoms with E-state index in [1.54, 1.807) is 4.90 Å². The fourth-order valence-electron chi connectivity index (χ4n) is 5.25. The summed E-state index contributed by atoms with van der Waals surface area (Å²) in [5, 5.41) is 3.85. The van der Waals surface area contributed by atoms with E-state index < -0.39 is 0 Å². The van der Waals surface area contributed by atoms with Crippen LogP contribution >= 0.6 is 11.6 Å². The highest BCUT2D eigenvalue weighted by atomic mass is 35.5. The number of hydrogen-bond acceptors (Lipinski definition) is 3. The molecule has 0 saturated carbocycles. The molecule has 180 valence electrons. The Hall–Kier alpha value is -2.99. The van der Waals surface area contributed by atoms with Gasteiger partial charge < -0.3 is 20.5 Å². The highest BCUT2D eigenvalue weighted by Gasteiger charge is 2.32. The Balaban J connectivity index is 1.63. The molecule has 0 spiro atoms. The van der Waals surface area contributed by atoms with Gasteiger partial charge in [0, 0.05) is 44.1 Å². The number of halogens is 1. The molecule has 2 heterocycles.